The first-order valence-corrected chi connectivity index (χ1v) is 7.23. The lowest BCUT2D eigenvalue weighted by atomic mass is 9.93. The normalized spacial score (nSPS) is 18.2. The Morgan fingerprint density at radius 3 is 2.86 bits per heavy atom. The van der Waals surface area contributed by atoms with Crippen LogP contribution in [0.4, 0.5) is 5.69 Å². The molecule has 0 bridgehead atoms. The van der Waals surface area contributed by atoms with E-state index in [4.69, 9.17) is 11.5 Å². The van der Waals surface area contributed by atoms with Crippen LogP contribution < -0.4 is 22.1 Å². The average Bonchev–Trinajstić information content (AvgIpc) is 2.50. The molecule has 0 aromatic heterocycles. The number of carbonyl (C=O) groups excluding carboxylic acids is 2. The number of benzene rings is 1. The third-order valence-electron chi connectivity index (χ3n) is 3.75. The molecular weight excluding hydrogens is 268 g/mol. The number of hydrogen-bond donors (Lipinski definition) is 4. The summed E-state index contributed by atoms with van der Waals surface area (Å²) in [4.78, 5) is 23.7. The maximum Gasteiger partial charge on any atom is 0.240 e. The van der Waals surface area contributed by atoms with Crippen molar-refractivity contribution in [2.24, 2.45) is 17.4 Å². The monoisotopic (exact) mass is 290 g/mol. The van der Waals surface area contributed by atoms with Crippen LogP contribution in [0.15, 0.2) is 24.3 Å². The van der Waals surface area contributed by atoms with Crippen molar-refractivity contribution in [2.45, 2.75) is 25.3 Å². The number of para-hydroxylation sites is 1. The Morgan fingerprint density at radius 2 is 2.14 bits per heavy atom. The Labute approximate surface area is 124 Å². The van der Waals surface area contributed by atoms with E-state index in [0.29, 0.717) is 32.4 Å². The molecule has 2 atom stereocenters. The lowest BCUT2D eigenvalue weighted by molar-refractivity contribution is -0.129. The molecule has 1 aliphatic heterocycles. The maximum absolute atomic E-state index is 12.3. The summed E-state index contributed by atoms with van der Waals surface area (Å²) in [5, 5.41) is 5.98. The van der Waals surface area contributed by atoms with Crippen LogP contribution >= 0.6 is 0 Å². The van der Waals surface area contributed by atoms with E-state index in [2.05, 4.69) is 10.6 Å². The zero-order valence-electron chi connectivity index (χ0n) is 12.0. The third kappa shape index (κ3) is 3.95. The summed E-state index contributed by atoms with van der Waals surface area (Å²) in [5.41, 5.74) is 12.9. The number of hydrogen-bond acceptors (Lipinski definition) is 4. The van der Waals surface area contributed by atoms with Gasteiger partial charge in [0.05, 0.1) is 5.92 Å². The van der Waals surface area contributed by atoms with Gasteiger partial charge in [-0.05, 0) is 37.4 Å². The van der Waals surface area contributed by atoms with Gasteiger partial charge in [-0.15, -0.1) is 0 Å². The summed E-state index contributed by atoms with van der Waals surface area (Å²) >= 11 is 0. The molecule has 0 aliphatic carbocycles. The Kier molecular flexibility index (Phi) is 5.16. The SMILES string of the molecule is NCCCC(NC(=O)C1CNc2ccccc2C1)C(N)=O. The van der Waals surface area contributed by atoms with E-state index in [1.165, 1.54) is 0 Å². The topological polar surface area (TPSA) is 110 Å². The van der Waals surface area contributed by atoms with Crippen LogP contribution in [0.3, 0.4) is 0 Å². The highest BCUT2D eigenvalue weighted by Crippen LogP contribution is 2.24. The Hall–Kier alpha value is -2.08. The van der Waals surface area contributed by atoms with E-state index >= 15 is 0 Å². The highest BCUT2D eigenvalue weighted by Gasteiger charge is 2.27. The first-order chi connectivity index (χ1) is 10.1. The fourth-order valence-electron chi connectivity index (χ4n) is 2.52. The van der Waals surface area contributed by atoms with Gasteiger partial charge in [-0.1, -0.05) is 18.2 Å². The molecular formula is C15H22N4O2. The van der Waals surface area contributed by atoms with E-state index in [-0.39, 0.29) is 11.8 Å². The molecule has 0 spiro atoms. The van der Waals surface area contributed by atoms with Gasteiger partial charge in [0, 0.05) is 12.2 Å². The van der Waals surface area contributed by atoms with Gasteiger partial charge in [0.25, 0.3) is 0 Å². The molecule has 2 unspecified atom stereocenters. The Bertz CT molecular complexity index is 518. The summed E-state index contributed by atoms with van der Waals surface area (Å²) in [6.45, 7) is 1.03. The van der Waals surface area contributed by atoms with Crippen molar-refractivity contribution < 1.29 is 9.59 Å². The van der Waals surface area contributed by atoms with E-state index < -0.39 is 11.9 Å². The van der Waals surface area contributed by atoms with Crippen LogP contribution in [-0.4, -0.2) is 30.9 Å². The van der Waals surface area contributed by atoms with E-state index in [1.54, 1.807) is 0 Å². The highest BCUT2D eigenvalue weighted by atomic mass is 16.2. The number of carbonyl (C=O) groups is 2. The molecule has 2 rings (SSSR count). The summed E-state index contributed by atoms with van der Waals surface area (Å²) in [5.74, 6) is -0.849. The molecule has 1 heterocycles. The van der Waals surface area contributed by atoms with Crippen molar-refractivity contribution in [3.05, 3.63) is 29.8 Å². The Morgan fingerprint density at radius 1 is 1.38 bits per heavy atom. The van der Waals surface area contributed by atoms with Gasteiger partial charge >= 0.3 is 0 Å². The first-order valence-electron chi connectivity index (χ1n) is 7.23. The molecule has 0 saturated heterocycles. The number of anilines is 1. The predicted molar refractivity (Wildman–Crippen MR) is 81.5 cm³/mol. The van der Waals surface area contributed by atoms with Gasteiger partial charge in [0.1, 0.15) is 6.04 Å². The Balaban J connectivity index is 1.96. The van der Waals surface area contributed by atoms with Gasteiger partial charge in [-0.3, -0.25) is 9.59 Å². The van der Waals surface area contributed by atoms with Crippen LogP contribution in [0.1, 0.15) is 18.4 Å². The lowest BCUT2D eigenvalue weighted by Gasteiger charge is -2.26. The predicted octanol–water partition coefficient (Wildman–Crippen LogP) is -0.0202. The van der Waals surface area contributed by atoms with E-state index in [9.17, 15) is 9.59 Å². The van der Waals surface area contributed by atoms with E-state index in [0.717, 1.165) is 11.3 Å². The fourth-order valence-corrected chi connectivity index (χ4v) is 2.52. The molecule has 1 aromatic carbocycles. The van der Waals surface area contributed by atoms with Crippen molar-refractivity contribution in [2.75, 3.05) is 18.4 Å². The zero-order valence-corrected chi connectivity index (χ0v) is 12.0. The number of nitrogens with two attached hydrogens (primary N) is 2. The maximum atomic E-state index is 12.3. The third-order valence-corrected chi connectivity index (χ3v) is 3.75. The number of primary amides is 1. The molecule has 6 nitrogen and oxygen atoms in total. The standard InChI is InChI=1S/C15H22N4O2/c16-7-3-6-13(14(17)20)19-15(21)11-8-10-4-1-2-5-12(10)18-9-11/h1-2,4-5,11,13,18H,3,6-9,16H2,(H2,17,20)(H,19,21). The minimum Gasteiger partial charge on any atom is -0.384 e. The van der Waals surface area contributed by atoms with Crippen LogP contribution in [0.2, 0.25) is 0 Å². The summed E-state index contributed by atoms with van der Waals surface area (Å²) < 4.78 is 0. The summed E-state index contributed by atoms with van der Waals surface area (Å²) in [6.07, 6.45) is 1.80. The molecule has 0 saturated carbocycles. The minimum absolute atomic E-state index is 0.141. The first kappa shape index (κ1) is 15.3. The van der Waals surface area contributed by atoms with Crippen LogP contribution in [0.5, 0.6) is 0 Å². The van der Waals surface area contributed by atoms with E-state index in [1.807, 2.05) is 24.3 Å². The van der Waals surface area contributed by atoms with Gasteiger partial charge in [0.2, 0.25) is 11.8 Å². The average molecular weight is 290 g/mol. The molecule has 0 fully saturated rings. The summed E-state index contributed by atoms with van der Waals surface area (Å²) in [6, 6.07) is 7.27. The van der Waals surface area contributed by atoms with Crippen LogP contribution in [-0.2, 0) is 16.0 Å². The smallest absolute Gasteiger partial charge is 0.240 e. The molecule has 0 radical (unpaired) electrons. The van der Waals surface area contributed by atoms with Crippen LogP contribution in [0, 0.1) is 5.92 Å². The van der Waals surface area contributed by atoms with Crippen molar-refractivity contribution in [1.82, 2.24) is 5.32 Å². The second-order valence-electron chi connectivity index (χ2n) is 5.33. The molecule has 1 aromatic rings. The number of nitrogens with one attached hydrogen (secondary N) is 2. The van der Waals surface area contributed by atoms with Crippen molar-refractivity contribution >= 4 is 17.5 Å². The molecule has 21 heavy (non-hydrogen) atoms. The van der Waals surface area contributed by atoms with Gasteiger partial charge in [-0.2, -0.15) is 0 Å². The second-order valence-corrected chi connectivity index (χ2v) is 5.33. The quantitative estimate of drug-likeness (QED) is 0.590. The second kappa shape index (κ2) is 7.08. The zero-order chi connectivity index (χ0) is 15.2. The summed E-state index contributed by atoms with van der Waals surface area (Å²) in [7, 11) is 0. The van der Waals surface area contributed by atoms with Gasteiger partial charge < -0.3 is 22.1 Å². The van der Waals surface area contributed by atoms with Gasteiger partial charge in [-0.25, -0.2) is 0 Å². The number of amides is 2. The molecule has 114 valence electrons. The molecule has 6 heteroatoms. The van der Waals surface area contributed by atoms with Gasteiger partial charge in [0.15, 0.2) is 0 Å². The van der Waals surface area contributed by atoms with Crippen molar-refractivity contribution in [3.63, 3.8) is 0 Å². The molecule has 1 aliphatic rings. The highest BCUT2D eigenvalue weighted by molar-refractivity contribution is 5.88. The number of rotatable bonds is 6. The molecule has 2 amide bonds. The van der Waals surface area contributed by atoms with Crippen LogP contribution in [0.25, 0.3) is 0 Å². The van der Waals surface area contributed by atoms with Crippen molar-refractivity contribution in [3.8, 4) is 0 Å². The molecule has 6 N–H and O–H groups in total. The fraction of sp³-hybridized carbons (Fsp3) is 0.467. The largest absolute Gasteiger partial charge is 0.384 e. The van der Waals surface area contributed by atoms with Crippen molar-refractivity contribution in [1.29, 1.82) is 0 Å². The lowest BCUT2D eigenvalue weighted by Crippen LogP contribution is -2.48. The minimum atomic E-state index is -0.641. The number of fused-ring (bicyclic) bond motifs is 1.